The first-order valence-electron chi connectivity index (χ1n) is 10.2. The number of benzene rings is 2. The maximum absolute atomic E-state index is 12.4. The van der Waals surface area contributed by atoms with Gasteiger partial charge in [-0.15, -0.1) is 0 Å². The van der Waals surface area contributed by atoms with E-state index in [1.807, 2.05) is 6.07 Å². The standard InChI is InChI=1S/C23H29ClN2O3/c1-3-26(4-2)16-18-8-6-17(7-9-18)15-25-22(27)14-19-12-20(24)23-21(13-19)28-10-5-11-29-23/h6-9,12-13H,3-5,10-11,14-16H2,1-2H3,(H,25,27). The van der Waals surface area contributed by atoms with Crippen LogP contribution in [0.25, 0.3) is 0 Å². The second kappa shape index (κ2) is 10.5. The van der Waals surface area contributed by atoms with E-state index in [0.29, 0.717) is 36.3 Å². The lowest BCUT2D eigenvalue weighted by Gasteiger charge is -2.18. The van der Waals surface area contributed by atoms with Crippen LogP contribution in [-0.2, 0) is 24.3 Å². The average molecular weight is 417 g/mol. The van der Waals surface area contributed by atoms with Crippen LogP contribution < -0.4 is 14.8 Å². The fraction of sp³-hybridized carbons (Fsp3) is 0.435. The molecular weight excluding hydrogens is 388 g/mol. The summed E-state index contributed by atoms with van der Waals surface area (Å²) in [5.41, 5.74) is 3.18. The minimum atomic E-state index is -0.0530. The van der Waals surface area contributed by atoms with Gasteiger partial charge in [0.05, 0.1) is 24.7 Å². The summed E-state index contributed by atoms with van der Waals surface area (Å²) in [7, 11) is 0. The van der Waals surface area contributed by atoms with E-state index in [9.17, 15) is 4.79 Å². The third-order valence-electron chi connectivity index (χ3n) is 5.04. The number of halogens is 1. The van der Waals surface area contributed by atoms with E-state index in [4.69, 9.17) is 21.1 Å². The van der Waals surface area contributed by atoms with E-state index < -0.39 is 0 Å². The quantitative estimate of drug-likeness (QED) is 0.700. The number of nitrogens with zero attached hydrogens (tertiary/aromatic N) is 1. The maximum atomic E-state index is 12.4. The molecule has 1 heterocycles. The lowest BCUT2D eigenvalue weighted by molar-refractivity contribution is -0.120. The van der Waals surface area contributed by atoms with E-state index >= 15 is 0 Å². The molecule has 0 atom stereocenters. The van der Waals surface area contributed by atoms with Gasteiger partial charge >= 0.3 is 0 Å². The van der Waals surface area contributed by atoms with E-state index in [1.165, 1.54) is 5.56 Å². The monoisotopic (exact) mass is 416 g/mol. The Morgan fingerprint density at radius 2 is 1.72 bits per heavy atom. The van der Waals surface area contributed by atoms with E-state index in [1.54, 1.807) is 6.07 Å². The molecule has 0 aliphatic carbocycles. The van der Waals surface area contributed by atoms with Gasteiger partial charge in [-0.1, -0.05) is 49.7 Å². The summed E-state index contributed by atoms with van der Waals surface area (Å²) in [6, 6.07) is 12.0. The molecule has 0 fully saturated rings. The zero-order valence-electron chi connectivity index (χ0n) is 17.2. The van der Waals surface area contributed by atoms with Crippen LogP contribution >= 0.6 is 11.6 Å². The van der Waals surface area contributed by atoms with Gasteiger partial charge in [0.25, 0.3) is 0 Å². The van der Waals surface area contributed by atoms with Crippen molar-refractivity contribution in [2.45, 2.75) is 39.8 Å². The number of carbonyl (C=O) groups is 1. The van der Waals surface area contributed by atoms with Gasteiger partial charge in [-0.2, -0.15) is 0 Å². The molecule has 1 N–H and O–H groups in total. The van der Waals surface area contributed by atoms with Crippen molar-refractivity contribution in [2.75, 3.05) is 26.3 Å². The van der Waals surface area contributed by atoms with Crippen LogP contribution in [0.5, 0.6) is 11.5 Å². The molecule has 1 aliphatic heterocycles. The molecule has 0 aromatic heterocycles. The number of carbonyl (C=O) groups excluding carboxylic acids is 1. The highest BCUT2D eigenvalue weighted by atomic mass is 35.5. The van der Waals surface area contributed by atoms with Gasteiger partial charge in [-0.25, -0.2) is 0 Å². The molecule has 29 heavy (non-hydrogen) atoms. The highest BCUT2D eigenvalue weighted by Gasteiger charge is 2.16. The number of rotatable bonds is 8. The zero-order valence-corrected chi connectivity index (χ0v) is 17.9. The molecule has 0 radical (unpaired) electrons. The molecule has 0 spiro atoms. The Balaban J connectivity index is 1.53. The van der Waals surface area contributed by atoms with Gasteiger partial charge in [0.2, 0.25) is 5.91 Å². The number of hydrogen-bond donors (Lipinski definition) is 1. The molecule has 0 saturated heterocycles. The van der Waals surface area contributed by atoms with Gasteiger partial charge < -0.3 is 14.8 Å². The maximum Gasteiger partial charge on any atom is 0.224 e. The van der Waals surface area contributed by atoms with Gasteiger partial charge in [0.15, 0.2) is 11.5 Å². The van der Waals surface area contributed by atoms with Crippen molar-refractivity contribution in [1.82, 2.24) is 10.2 Å². The van der Waals surface area contributed by atoms with Gasteiger partial charge in [0, 0.05) is 19.5 Å². The number of ether oxygens (including phenoxy) is 2. The summed E-state index contributed by atoms with van der Waals surface area (Å²) in [4.78, 5) is 14.8. The highest BCUT2D eigenvalue weighted by molar-refractivity contribution is 6.32. The fourth-order valence-corrected chi connectivity index (χ4v) is 3.59. The Morgan fingerprint density at radius 3 is 2.45 bits per heavy atom. The highest BCUT2D eigenvalue weighted by Crippen LogP contribution is 2.38. The smallest absolute Gasteiger partial charge is 0.224 e. The van der Waals surface area contributed by atoms with Crippen LogP contribution in [0.3, 0.4) is 0 Å². The first-order valence-corrected chi connectivity index (χ1v) is 10.6. The fourth-order valence-electron chi connectivity index (χ4n) is 3.30. The van der Waals surface area contributed by atoms with Crippen LogP contribution in [0.1, 0.15) is 37.0 Å². The lowest BCUT2D eigenvalue weighted by Crippen LogP contribution is -2.24. The van der Waals surface area contributed by atoms with Crippen LogP contribution in [-0.4, -0.2) is 37.1 Å². The molecule has 6 heteroatoms. The average Bonchev–Trinajstić information content (AvgIpc) is 2.97. The first kappa shape index (κ1) is 21.5. The lowest BCUT2D eigenvalue weighted by atomic mass is 10.1. The van der Waals surface area contributed by atoms with Crippen LogP contribution in [0.4, 0.5) is 0 Å². The van der Waals surface area contributed by atoms with Crippen molar-refractivity contribution in [2.24, 2.45) is 0 Å². The normalized spacial score (nSPS) is 13.2. The first-order chi connectivity index (χ1) is 14.1. The van der Waals surface area contributed by atoms with Crippen molar-refractivity contribution in [3.05, 3.63) is 58.1 Å². The van der Waals surface area contributed by atoms with Gasteiger partial charge in [-0.3, -0.25) is 9.69 Å². The molecule has 0 saturated carbocycles. The van der Waals surface area contributed by atoms with Crippen molar-refractivity contribution >= 4 is 17.5 Å². The third-order valence-corrected chi connectivity index (χ3v) is 5.32. The number of hydrogen-bond acceptors (Lipinski definition) is 4. The zero-order chi connectivity index (χ0) is 20.6. The van der Waals surface area contributed by atoms with Crippen molar-refractivity contribution in [3.63, 3.8) is 0 Å². The summed E-state index contributed by atoms with van der Waals surface area (Å²) in [6.45, 7) is 9.04. The number of nitrogens with one attached hydrogen (secondary N) is 1. The minimum Gasteiger partial charge on any atom is -0.489 e. The summed E-state index contributed by atoms with van der Waals surface area (Å²) in [6.07, 6.45) is 1.06. The Morgan fingerprint density at radius 1 is 1.03 bits per heavy atom. The SMILES string of the molecule is CCN(CC)Cc1ccc(CNC(=O)Cc2cc(Cl)c3c(c2)OCCCO3)cc1. The molecular formula is C23H29ClN2O3. The van der Waals surface area contributed by atoms with Crippen LogP contribution in [0, 0.1) is 0 Å². The Kier molecular flexibility index (Phi) is 7.78. The molecule has 1 aliphatic rings. The molecule has 3 rings (SSSR count). The topological polar surface area (TPSA) is 50.8 Å². The number of amides is 1. The molecule has 5 nitrogen and oxygen atoms in total. The van der Waals surface area contributed by atoms with Gasteiger partial charge in [-0.05, 0) is 41.9 Å². The minimum absolute atomic E-state index is 0.0530. The molecule has 1 amide bonds. The molecule has 156 valence electrons. The van der Waals surface area contributed by atoms with E-state index in [-0.39, 0.29) is 12.3 Å². The van der Waals surface area contributed by atoms with E-state index in [2.05, 4.69) is 48.3 Å². The predicted octanol–water partition coefficient (Wildman–Crippen LogP) is 4.20. The summed E-state index contributed by atoms with van der Waals surface area (Å²) in [5, 5.41) is 3.46. The molecule has 0 bridgehead atoms. The summed E-state index contributed by atoms with van der Waals surface area (Å²) < 4.78 is 11.3. The Labute approximate surface area is 177 Å². The van der Waals surface area contributed by atoms with Crippen LogP contribution in [0.15, 0.2) is 36.4 Å². The van der Waals surface area contributed by atoms with Gasteiger partial charge in [0.1, 0.15) is 0 Å². The van der Waals surface area contributed by atoms with Crippen molar-refractivity contribution in [3.8, 4) is 11.5 Å². The summed E-state index contributed by atoms with van der Waals surface area (Å²) >= 11 is 6.31. The summed E-state index contributed by atoms with van der Waals surface area (Å²) in [5.74, 6) is 1.13. The molecule has 0 unspecified atom stereocenters. The third kappa shape index (κ3) is 6.12. The van der Waals surface area contributed by atoms with Crippen molar-refractivity contribution in [1.29, 1.82) is 0 Å². The van der Waals surface area contributed by atoms with E-state index in [0.717, 1.165) is 37.2 Å². The molecule has 2 aromatic carbocycles. The predicted molar refractivity (Wildman–Crippen MR) is 116 cm³/mol. The second-order valence-electron chi connectivity index (χ2n) is 7.19. The molecule has 2 aromatic rings. The Bertz CT molecular complexity index is 820. The number of fused-ring (bicyclic) bond motifs is 1. The largest absolute Gasteiger partial charge is 0.489 e. The second-order valence-corrected chi connectivity index (χ2v) is 7.59. The van der Waals surface area contributed by atoms with Crippen LogP contribution in [0.2, 0.25) is 5.02 Å². The Hall–Kier alpha value is -2.24. The van der Waals surface area contributed by atoms with Crippen molar-refractivity contribution < 1.29 is 14.3 Å².